The molecule has 1 aromatic rings. The van der Waals surface area contributed by atoms with Crippen molar-refractivity contribution in [1.29, 1.82) is 5.26 Å². The fourth-order valence-corrected chi connectivity index (χ4v) is 4.50. The topological polar surface area (TPSA) is 91.2 Å². The van der Waals surface area contributed by atoms with Crippen molar-refractivity contribution in [3.63, 3.8) is 0 Å². The molecule has 1 fully saturated rings. The SMILES string of the molecule is CCC(C)S(=O)(=O)NC1CCC(CNc2cccc(OCC#N)c2)CC1. The van der Waals surface area contributed by atoms with Crippen LogP contribution < -0.4 is 14.8 Å². The molecule has 26 heavy (non-hydrogen) atoms. The summed E-state index contributed by atoms with van der Waals surface area (Å²) in [4.78, 5) is 0. The van der Waals surface area contributed by atoms with E-state index in [1.807, 2.05) is 37.3 Å². The van der Waals surface area contributed by atoms with Crippen LogP contribution in [-0.4, -0.2) is 32.9 Å². The molecule has 7 heteroatoms. The molecule has 1 atom stereocenters. The average Bonchev–Trinajstić information content (AvgIpc) is 2.65. The van der Waals surface area contributed by atoms with Gasteiger partial charge in [0, 0.05) is 24.3 Å². The normalized spacial score (nSPS) is 21.6. The third-order valence-corrected chi connectivity index (χ3v) is 7.07. The molecule has 1 aliphatic carbocycles. The van der Waals surface area contributed by atoms with Crippen LogP contribution in [0.4, 0.5) is 5.69 Å². The second-order valence-corrected chi connectivity index (χ2v) is 9.09. The number of ether oxygens (including phenoxy) is 1. The molecule has 0 spiro atoms. The van der Waals surface area contributed by atoms with Gasteiger partial charge in [-0.1, -0.05) is 13.0 Å². The summed E-state index contributed by atoms with van der Waals surface area (Å²) in [5.41, 5.74) is 0.972. The second kappa shape index (κ2) is 9.79. The number of hydrogen-bond donors (Lipinski definition) is 2. The van der Waals surface area contributed by atoms with Gasteiger partial charge in [-0.05, 0) is 57.1 Å². The lowest BCUT2D eigenvalue weighted by atomic mass is 9.86. The number of rotatable bonds is 9. The fraction of sp³-hybridized carbons (Fsp3) is 0.632. The van der Waals surface area contributed by atoms with Crippen LogP contribution in [0.3, 0.4) is 0 Å². The van der Waals surface area contributed by atoms with Crippen LogP contribution in [0.15, 0.2) is 24.3 Å². The minimum absolute atomic E-state index is 0.0417. The van der Waals surface area contributed by atoms with Crippen molar-refractivity contribution in [3.05, 3.63) is 24.3 Å². The summed E-state index contributed by atoms with van der Waals surface area (Å²) in [7, 11) is -3.20. The Morgan fingerprint density at radius 3 is 2.69 bits per heavy atom. The van der Waals surface area contributed by atoms with E-state index in [0.29, 0.717) is 18.1 Å². The van der Waals surface area contributed by atoms with Crippen LogP contribution in [0.2, 0.25) is 0 Å². The standard InChI is InChI=1S/C19H29N3O3S/c1-3-15(2)26(23,24)22-17-9-7-16(8-10-17)14-21-18-5-4-6-19(13-18)25-12-11-20/h4-6,13,15-17,21-22H,3,7-10,12,14H2,1-2H3. The minimum atomic E-state index is -3.20. The van der Waals surface area contributed by atoms with E-state index in [1.165, 1.54) is 0 Å². The quantitative estimate of drug-likeness (QED) is 0.687. The largest absolute Gasteiger partial charge is 0.479 e. The molecule has 144 valence electrons. The predicted octanol–water partition coefficient (Wildman–Crippen LogP) is 3.28. The first-order valence-electron chi connectivity index (χ1n) is 9.29. The van der Waals surface area contributed by atoms with Crippen molar-refractivity contribution in [1.82, 2.24) is 4.72 Å². The first-order valence-corrected chi connectivity index (χ1v) is 10.8. The molecule has 0 radical (unpaired) electrons. The predicted molar refractivity (Wildman–Crippen MR) is 104 cm³/mol. The van der Waals surface area contributed by atoms with Gasteiger partial charge in [0.25, 0.3) is 0 Å². The van der Waals surface area contributed by atoms with E-state index < -0.39 is 10.0 Å². The van der Waals surface area contributed by atoms with Crippen LogP contribution in [0.25, 0.3) is 0 Å². The number of nitriles is 1. The van der Waals surface area contributed by atoms with Crippen molar-refractivity contribution >= 4 is 15.7 Å². The van der Waals surface area contributed by atoms with Crippen molar-refractivity contribution in [3.8, 4) is 11.8 Å². The highest BCUT2D eigenvalue weighted by molar-refractivity contribution is 7.90. The molecule has 2 N–H and O–H groups in total. The maximum absolute atomic E-state index is 12.2. The first-order chi connectivity index (χ1) is 12.4. The van der Waals surface area contributed by atoms with Gasteiger partial charge < -0.3 is 10.1 Å². The lowest BCUT2D eigenvalue weighted by molar-refractivity contribution is 0.323. The van der Waals surface area contributed by atoms with Crippen LogP contribution in [0.1, 0.15) is 46.0 Å². The minimum Gasteiger partial charge on any atom is -0.479 e. The Morgan fingerprint density at radius 2 is 2.04 bits per heavy atom. The van der Waals surface area contributed by atoms with E-state index in [1.54, 1.807) is 6.92 Å². The Labute approximate surface area is 157 Å². The van der Waals surface area contributed by atoms with E-state index in [-0.39, 0.29) is 17.9 Å². The number of benzene rings is 1. The molecule has 1 aliphatic rings. The summed E-state index contributed by atoms with van der Waals surface area (Å²) in [6.07, 6.45) is 4.41. The summed E-state index contributed by atoms with van der Waals surface area (Å²) in [6, 6.07) is 9.62. The van der Waals surface area contributed by atoms with E-state index in [2.05, 4.69) is 10.0 Å². The Bertz CT molecular complexity index is 707. The Kier molecular flexibility index (Phi) is 7.73. The van der Waals surface area contributed by atoms with Crippen molar-refractivity contribution in [2.24, 2.45) is 5.92 Å². The van der Waals surface area contributed by atoms with Crippen LogP contribution in [-0.2, 0) is 10.0 Å². The van der Waals surface area contributed by atoms with Gasteiger partial charge in [0.1, 0.15) is 11.8 Å². The molecule has 0 aromatic heterocycles. The van der Waals surface area contributed by atoms with E-state index in [4.69, 9.17) is 10.00 Å². The third kappa shape index (κ3) is 6.19. The molecule has 0 amide bonds. The lowest BCUT2D eigenvalue weighted by Crippen LogP contribution is -2.42. The highest BCUT2D eigenvalue weighted by Crippen LogP contribution is 2.26. The monoisotopic (exact) mass is 379 g/mol. The Balaban J connectivity index is 1.76. The number of anilines is 1. The highest BCUT2D eigenvalue weighted by Gasteiger charge is 2.27. The third-order valence-electron chi connectivity index (χ3n) is 5.01. The molecule has 0 bridgehead atoms. The fourth-order valence-electron chi connectivity index (χ4n) is 3.13. The number of sulfonamides is 1. The second-order valence-electron chi connectivity index (χ2n) is 6.95. The molecule has 0 aliphatic heterocycles. The van der Waals surface area contributed by atoms with Gasteiger partial charge in [-0.2, -0.15) is 5.26 Å². The van der Waals surface area contributed by atoms with Crippen LogP contribution >= 0.6 is 0 Å². The first kappa shape index (κ1) is 20.5. The Hall–Kier alpha value is -1.78. The summed E-state index contributed by atoms with van der Waals surface area (Å²) in [5, 5.41) is 11.7. The molecule has 2 rings (SSSR count). The van der Waals surface area contributed by atoms with Gasteiger partial charge >= 0.3 is 0 Å². The van der Waals surface area contributed by atoms with Gasteiger partial charge in [0.2, 0.25) is 10.0 Å². The van der Waals surface area contributed by atoms with Crippen molar-refractivity contribution in [2.75, 3.05) is 18.5 Å². The number of hydrogen-bond acceptors (Lipinski definition) is 5. The van der Waals surface area contributed by atoms with Gasteiger partial charge in [-0.15, -0.1) is 0 Å². The molecular weight excluding hydrogens is 350 g/mol. The summed E-state index contributed by atoms with van der Waals surface area (Å²) in [6.45, 7) is 4.55. The van der Waals surface area contributed by atoms with E-state index >= 15 is 0 Å². The number of nitrogens with one attached hydrogen (secondary N) is 2. The van der Waals surface area contributed by atoms with Crippen molar-refractivity contribution in [2.45, 2.75) is 57.2 Å². The summed E-state index contributed by atoms with van der Waals surface area (Å²) >= 11 is 0. The molecule has 1 aromatic carbocycles. The molecule has 0 saturated heterocycles. The Morgan fingerprint density at radius 1 is 1.31 bits per heavy atom. The molecule has 1 saturated carbocycles. The van der Waals surface area contributed by atoms with Crippen molar-refractivity contribution < 1.29 is 13.2 Å². The van der Waals surface area contributed by atoms with E-state index in [0.717, 1.165) is 37.9 Å². The lowest BCUT2D eigenvalue weighted by Gasteiger charge is -2.30. The van der Waals surface area contributed by atoms with Gasteiger partial charge in [0.15, 0.2) is 6.61 Å². The van der Waals surface area contributed by atoms with Gasteiger partial charge in [0.05, 0.1) is 5.25 Å². The smallest absolute Gasteiger partial charge is 0.214 e. The zero-order valence-corrected chi connectivity index (χ0v) is 16.4. The summed E-state index contributed by atoms with van der Waals surface area (Å²) in [5.74, 6) is 1.21. The van der Waals surface area contributed by atoms with Gasteiger partial charge in [-0.25, -0.2) is 13.1 Å². The van der Waals surface area contributed by atoms with E-state index in [9.17, 15) is 8.42 Å². The molecular formula is C19H29N3O3S. The zero-order valence-electron chi connectivity index (χ0n) is 15.6. The highest BCUT2D eigenvalue weighted by atomic mass is 32.2. The number of nitrogens with zero attached hydrogens (tertiary/aromatic N) is 1. The summed E-state index contributed by atoms with van der Waals surface area (Å²) < 4.78 is 32.5. The van der Waals surface area contributed by atoms with Gasteiger partial charge in [-0.3, -0.25) is 0 Å². The maximum Gasteiger partial charge on any atom is 0.214 e. The van der Waals surface area contributed by atoms with Crippen LogP contribution in [0, 0.1) is 17.2 Å². The molecule has 0 heterocycles. The maximum atomic E-state index is 12.2. The van der Waals surface area contributed by atoms with Crippen LogP contribution in [0.5, 0.6) is 5.75 Å². The zero-order chi connectivity index (χ0) is 19.0. The molecule has 1 unspecified atom stereocenters. The average molecular weight is 380 g/mol. The molecule has 6 nitrogen and oxygen atoms in total.